The molecular formula is C27H24FN5O3. The van der Waals surface area contributed by atoms with Gasteiger partial charge in [-0.2, -0.15) is 0 Å². The van der Waals surface area contributed by atoms with Gasteiger partial charge in [-0.1, -0.05) is 18.2 Å². The SMILES string of the molecule is COc1ccc(Nc2cc(-c3ccc(C(=O)NCCNC(=O)c4cccc(F)c4)cc3)ncn2)cc1. The van der Waals surface area contributed by atoms with E-state index >= 15 is 0 Å². The first-order valence-corrected chi connectivity index (χ1v) is 11.2. The largest absolute Gasteiger partial charge is 0.497 e. The summed E-state index contributed by atoms with van der Waals surface area (Å²) >= 11 is 0. The zero-order valence-corrected chi connectivity index (χ0v) is 19.5. The fraction of sp³-hybridized carbons (Fsp3) is 0.111. The molecule has 0 atom stereocenters. The van der Waals surface area contributed by atoms with E-state index in [-0.39, 0.29) is 24.6 Å². The summed E-state index contributed by atoms with van der Waals surface area (Å²) in [5.41, 5.74) is 3.09. The number of anilines is 2. The highest BCUT2D eigenvalue weighted by Gasteiger charge is 2.09. The highest BCUT2D eigenvalue weighted by Crippen LogP contribution is 2.23. The first-order chi connectivity index (χ1) is 17.5. The van der Waals surface area contributed by atoms with Crippen LogP contribution in [0, 0.1) is 5.82 Å². The summed E-state index contributed by atoms with van der Waals surface area (Å²) in [6.45, 7) is 0.442. The highest BCUT2D eigenvalue weighted by molar-refractivity contribution is 5.95. The van der Waals surface area contributed by atoms with E-state index in [4.69, 9.17) is 4.74 Å². The number of benzene rings is 3. The lowest BCUT2D eigenvalue weighted by Crippen LogP contribution is -2.34. The Morgan fingerprint density at radius 1 is 0.833 bits per heavy atom. The third-order valence-corrected chi connectivity index (χ3v) is 5.26. The lowest BCUT2D eigenvalue weighted by molar-refractivity contribution is 0.0927. The van der Waals surface area contributed by atoms with E-state index in [0.29, 0.717) is 17.1 Å². The van der Waals surface area contributed by atoms with Crippen LogP contribution in [0.2, 0.25) is 0 Å². The maximum Gasteiger partial charge on any atom is 0.251 e. The third-order valence-electron chi connectivity index (χ3n) is 5.26. The molecular weight excluding hydrogens is 461 g/mol. The molecule has 0 fully saturated rings. The van der Waals surface area contributed by atoms with Crippen molar-refractivity contribution < 1.29 is 18.7 Å². The minimum absolute atomic E-state index is 0.212. The van der Waals surface area contributed by atoms with Crippen molar-refractivity contribution in [2.75, 3.05) is 25.5 Å². The first-order valence-electron chi connectivity index (χ1n) is 11.2. The molecule has 36 heavy (non-hydrogen) atoms. The fourth-order valence-corrected chi connectivity index (χ4v) is 3.38. The van der Waals surface area contributed by atoms with Gasteiger partial charge in [0.25, 0.3) is 11.8 Å². The standard InChI is InChI=1S/C27H24FN5O3/c1-36-23-11-9-22(10-12-23)33-25-16-24(31-17-32-25)18-5-7-19(8-6-18)26(34)29-13-14-30-27(35)20-3-2-4-21(28)15-20/h2-12,15-17H,13-14H2,1H3,(H,29,34)(H,30,35)(H,31,32,33). The van der Waals surface area contributed by atoms with Gasteiger partial charge in [0, 0.05) is 41.5 Å². The second kappa shape index (κ2) is 11.6. The number of aromatic nitrogens is 2. The molecule has 0 unspecified atom stereocenters. The van der Waals surface area contributed by atoms with Crippen LogP contribution in [0.1, 0.15) is 20.7 Å². The van der Waals surface area contributed by atoms with Gasteiger partial charge in [-0.25, -0.2) is 14.4 Å². The van der Waals surface area contributed by atoms with Crippen LogP contribution < -0.4 is 20.7 Å². The van der Waals surface area contributed by atoms with Gasteiger partial charge in [-0.3, -0.25) is 9.59 Å². The highest BCUT2D eigenvalue weighted by atomic mass is 19.1. The van der Waals surface area contributed by atoms with Crippen LogP contribution in [-0.2, 0) is 0 Å². The minimum atomic E-state index is -0.480. The number of carbonyl (C=O) groups excluding carboxylic acids is 2. The van der Waals surface area contributed by atoms with Crippen LogP contribution in [0.5, 0.6) is 5.75 Å². The molecule has 1 aromatic heterocycles. The lowest BCUT2D eigenvalue weighted by atomic mass is 10.1. The van der Waals surface area contributed by atoms with Crippen molar-refractivity contribution in [1.29, 1.82) is 0 Å². The molecule has 9 heteroatoms. The van der Waals surface area contributed by atoms with Crippen molar-refractivity contribution in [3.63, 3.8) is 0 Å². The molecule has 2 amide bonds. The minimum Gasteiger partial charge on any atom is -0.497 e. The normalized spacial score (nSPS) is 10.4. The van der Waals surface area contributed by atoms with E-state index in [1.807, 2.05) is 30.3 Å². The van der Waals surface area contributed by atoms with E-state index in [1.165, 1.54) is 24.5 Å². The van der Waals surface area contributed by atoms with E-state index < -0.39 is 11.7 Å². The number of carbonyl (C=O) groups is 2. The van der Waals surface area contributed by atoms with Crippen molar-refractivity contribution in [2.45, 2.75) is 0 Å². The van der Waals surface area contributed by atoms with Gasteiger partial charge in [0.1, 0.15) is 23.7 Å². The van der Waals surface area contributed by atoms with Crippen LogP contribution in [0.25, 0.3) is 11.3 Å². The van der Waals surface area contributed by atoms with E-state index in [9.17, 15) is 14.0 Å². The summed E-state index contributed by atoms with van der Waals surface area (Å²) in [5, 5.41) is 8.62. The van der Waals surface area contributed by atoms with Gasteiger partial charge in [0.2, 0.25) is 0 Å². The number of nitrogens with one attached hydrogen (secondary N) is 3. The van der Waals surface area contributed by atoms with Crippen molar-refractivity contribution in [3.8, 4) is 17.0 Å². The number of hydrogen-bond donors (Lipinski definition) is 3. The molecule has 0 aliphatic rings. The van der Waals surface area contributed by atoms with E-state index in [1.54, 1.807) is 31.4 Å². The number of rotatable bonds is 9. The van der Waals surface area contributed by atoms with Gasteiger partial charge < -0.3 is 20.7 Å². The quantitative estimate of drug-likeness (QED) is 0.307. The van der Waals surface area contributed by atoms with Crippen molar-refractivity contribution in [1.82, 2.24) is 20.6 Å². The Kier molecular flexibility index (Phi) is 7.82. The molecule has 1 heterocycles. The van der Waals surface area contributed by atoms with Crippen LogP contribution in [0.4, 0.5) is 15.9 Å². The number of halogens is 1. The summed E-state index contributed by atoms with van der Waals surface area (Å²) in [7, 11) is 1.62. The predicted molar refractivity (Wildman–Crippen MR) is 135 cm³/mol. The molecule has 182 valence electrons. The van der Waals surface area contributed by atoms with Crippen LogP contribution in [0.15, 0.2) is 85.2 Å². The Balaban J connectivity index is 1.30. The number of hydrogen-bond acceptors (Lipinski definition) is 6. The summed E-state index contributed by atoms with van der Waals surface area (Å²) in [5.74, 6) is 0.241. The van der Waals surface area contributed by atoms with E-state index in [0.717, 1.165) is 23.1 Å². The molecule has 0 spiro atoms. The summed E-state index contributed by atoms with van der Waals surface area (Å²) < 4.78 is 18.4. The number of amides is 2. The maximum atomic E-state index is 13.2. The van der Waals surface area contributed by atoms with Crippen molar-refractivity contribution >= 4 is 23.3 Å². The zero-order valence-electron chi connectivity index (χ0n) is 19.5. The van der Waals surface area contributed by atoms with Gasteiger partial charge in [-0.05, 0) is 54.6 Å². The van der Waals surface area contributed by atoms with E-state index in [2.05, 4.69) is 25.9 Å². The molecule has 4 rings (SSSR count). The molecule has 4 aromatic rings. The number of ether oxygens (including phenoxy) is 1. The third kappa shape index (κ3) is 6.41. The van der Waals surface area contributed by atoms with Gasteiger partial charge >= 0.3 is 0 Å². The summed E-state index contributed by atoms with van der Waals surface area (Å²) in [4.78, 5) is 33.0. The monoisotopic (exact) mass is 485 g/mol. The van der Waals surface area contributed by atoms with Crippen LogP contribution in [0.3, 0.4) is 0 Å². The smallest absolute Gasteiger partial charge is 0.251 e. The molecule has 0 bridgehead atoms. The van der Waals surface area contributed by atoms with Crippen molar-refractivity contribution in [3.05, 3.63) is 102 Å². The Morgan fingerprint density at radius 2 is 1.53 bits per heavy atom. The van der Waals surface area contributed by atoms with Crippen LogP contribution in [-0.4, -0.2) is 42.0 Å². The Morgan fingerprint density at radius 3 is 2.19 bits per heavy atom. The van der Waals surface area contributed by atoms with Crippen LogP contribution >= 0.6 is 0 Å². The molecule has 3 aromatic carbocycles. The van der Waals surface area contributed by atoms with Gasteiger partial charge in [-0.15, -0.1) is 0 Å². The van der Waals surface area contributed by atoms with Gasteiger partial charge in [0.05, 0.1) is 12.8 Å². The fourth-order valence-electron chi connectivity index (χ4n) is 3.38. The molecule has 0 saturated carbocycles. The molecule has 3 N–H and O–H groups in total. The van der Waals surface area contributed by atoms with Gasteiger partial charge in [0.15, 0.2) is 0 Å². The second-order valence-electron chi connectivity index (χ2n) is 7.74. The Bertz CT molecular complexity index is 1340. The average molecular weight is 486 g/mol. The Labute approximate surface area is 207 Å². The lowest BCUT2D eigenvalue weighted by Gasteiger charge is -2.09. The topological polar surface area (TPSA) is 105 Å². The molecule has 0 aliphatic carbocycles. The maximum absolute atomic E-state index is 13.2. The molecule has 0 radical (unpaired) electrons. The average Bonchev–Trinajstić information content (AvgIpc) is 2.91. The molecule has 8 nitrogen and oxygen atoms in total. The summed E-state index contributed by atoms with van der Waals surface area (Å²) in [6.07, 6.45) is 1.47. The second-order valence-corrected chi connectivity index (χ2v) is 7.74. The van der Waals surface area contributed by atoms with Crippen molar-refractivity contribution in [2.24, 2.45) is 0 Å². The predicted octanol–water partition coefficient (Wildman–Crippen LogP) is 4.19. The molecule has 0 saturated heterocycles. The zero-order chi connectivity index (χ0) is 25.3. The Hall–Kier alpha value is -4.79. The first kappa shape index (κ1) is 24.3. The summed E-state index contributed by atoms with van der Waals surface area (Å²) in [6, 6.07) is 21.7. The molecule has 0 aliphatic heterocycles. The number of nitrogens with zero attached hydrogens (tertiary/aromatic N) is 2. The number of methoxy groups -OCH3 is 1.